The molecule has 1 heterocycles. The number of hydrogen-bond donors (Lipinski definition) is 1. The molecule has 0 aromatic heterocycles. The Morgan fingerprint density at radius 1 is 1.10 bits per heavy atom. The van der Waals surface area contributed by atoms with Crippen LogP contribution in [0.15, 0.2) is 53.0 Å². The van der Waals surface area contributed by atoms with Crippen LogP contribution in [0.2, 0.25) is 0 Å². The van der Waals surface area contributed by atoms with Crippen LogP contribution in [0.25, 0.3) is 0 Å². The van der Waals surface area contributed by atoms with Gasteiger partial charge in [0.2, 0.25) is 5.91 Å². The van der Waals surface area contributed by atoms with Crippen molar-refractivity contribution in [1.82, 2.24) is 0 Å². The molecule has 1 aliphatic heterocycles. The number of rotatable bonds is 3. The Balaban J connectivity index is 1.92. The van der Waals surface area contributed by atoms with E-state index in [9.17, 15) is 4.79 Å². The average Bonchev–Trinajstić information content (AvgIpc) is 2.53. The summed E-state index contributed by atoms with van der Waals surface area (Å²) < 4.78 is 6.14. The highest BCUT2D eigenvalue weighted by atomic mass is 79.9. The third-order valence-electron chi connectivity index (χ3n) is 3.70. The lowest BCUT2D eigenvalue weighted by molar-refractivity contribution is -0.126. The van der Waals surface area contributed by atoms with Crippen molar-refractivity contribution in [3.8, 4) is 5.75 Å². The Kier molecular flexibility index (Phi) is 3.69. The lowest BCUT2D eigenvalue weighted by Crippen LogP contribution is -2.63. The van der Waals surface area contributed by atoms with Gasteiger partial charge in [-0.3, -0.25) is 4.79 Å². The van der Waals surface area contributed by atoms with Gasteiger partial charge in [0, 0.05) is 10.2 Å². The van der Waals surface area contributed by atoms with Crippen LogP contribution in [0.3, 0.4) is 0 Å². The molecule has 1 aliphatic rings. The monoisotopic (exact) mass is 346 g/mol. The molecule has 0 bridgehead atoms. The Morgan fingerprint density at radius 2 is 1.71 bits per heavy atom. The zero-order valence-corrected chi connectivity index (χ0v) is 13.1. The van der Waals surface area contributed by atoms with Crippen molar-refractivity contribution in [2.75, 3.05) is 12.0 Å². The zero-order valence-electron chi connectivity index (χ0n) is 11.5. The lowest BCUT2D eigenvalue weighted by Gasteiger charge is -2.45. The molecule has 2 aromatic rings. The Labute approximate surface area is 131 Å². The highest BCUT2D eigenvalue weighted by molar-refractivity contribution is 9.10. The van der Waals surface area contributed by atoms with Crippen LogP contribution in [0.4, 0.5) is 5.69 Å². The molecule has 1 amide bonds. The number of carbonyl (C=O) groups excluding carboxylic acids is 1. The lowest BCUT2D eigenvalue weighted by atomic mass is 9.88. The fraction of sp³-hybridized carbons (Fsp3) is 0.188. The first-order valence-electron chi connectivity index (χ1n) is 6.60. The molecule has 0 aliphatic carbocycles. The van der Waals surface area contributed by atoms with Gasteiger partial charge in [-0.2, -0.15) is 0 Å². The van der Waals surface area contributed by atoms with Crippen LogP contribution in [0.1, 0.15) is 11.6 Å². The van der Waals surface area contributed by atoms with E-state index >= 15 is 0 Å². The van der Waals surface area contributed by atoms with Crippen molar-refractivity contribution < 1.29 is 9.53 Å². The minimum Gasteiger partial charge on any atom is -0.497 e. The van der Waals surface area contributed by atoms with E-state index in [1.165, 1.54) is 0 Å². The summed E-state index contributed by atoms with van der Waals surface area (Å²) in [5, 5.41) is 0. The van der Waals surface area contributed by atoms with E-state index in [1.54, 1.807) is 12.0 Å². The van der Waals surface area contributed by atoms with E-state index in [2.05, 4.69) is 15.9 Å². The molecule has 2 unspecified atom stereocenters. The van der Waals surface area contributed by atoms with Gasteiger partial charge in [0.15, 0.2) is 0 Å². The van der Waals surface area contributed by atoms with Gasteiger partial charge in [-0.25, -0.2) is 0 Å². The molecule has 2 N–H and O–H groups in total. The molecule has 2 aromatic carbocycles. The number of benzene rings is 2. The Bertz CT molecular complexity index is 655. The van der Waals surface area contributed by atoms with Crippen LogP contribution in [0.5, 0.6) is 5.75 Å². The van der Waals surface area contributed by atoms with Crippen LogP contribution < -0.4 is 15.4 Å². The summed E-state index contributed by atoms with van der Waals surface area (Å²) in [6, 6.07) is 14.7. The molecule has 108 valence electrons. The SMILES string of the molecule is COc1ccc(N2C(=O)C(N)C2c2ccc(Br)cc2)cc1. The maximum Gasteiger partial charge on any atom is 0.247 e. The molecule has 1 fully saturated rings. The van der Waals surface area contributed by atoms with Gasteiger partial charge in [0.1, 0.15) is 11.8 Å². The molecule has 5 heteroatoms. The minimum absolute atomic E-state index is 0.0620. The fourth-order valence-electron chi connectivity index (χ4n) is 2.56. The van der Waals surface area contributed by atoms with Crippen LogP contribution in [-0.2, 0) is 4.79 Å². The molecule has 0 spiro atoms. The summed E-state index contributed by atoms with van der Waals surface area (Å²) in [7, 11) is 1.62. The normalized spacial score (nSPS) is 21.1. The van der Waals surface area contributed by atoms with E-state index in [4.69, 9.17) is 10.5 Å². The first-order chi connectivity index (χ1) is 10.1. The highest BCUT2D eigenvalue weighted by Crippen LogP contribution is 2.38. The van der Waals surface area contributed by atoms with Gasteiger partial charge >= 0.3 is 0 Å². The van der Waals surface area contributed by atoms with Gasteiger partial charge in [-0.15, -0.1) is 0 Å². The van der Waals surface area contributed by atoms with E-state index in [0.29, 0.717) is 0 Å². The third kappa shape index (κ3) is 2.43. The Morgan fingerprint density at radius 3 is 2.29 bits per heavy atom. The first kappa shape index (κ1) is 14.1. The van der Waals surface area contributed by atoms with Crippen molar-refractivity contribution in [1.29, 1.82) is 0 Å². The highest BCUT2D eigenvalue weighted by Gasteiger charge is 2.46. The van der Waals surface area contributed by atoms with Crippen LogP contribution in [-0.4, -0.2) is 19.1 Å². The fourth-order valence-corrected chi connectivity index (χ4v) is 2.82. The maximum atomic E-state index is 12.1. The number of nitrogens with two attached hydrogens (primary N) is 1. The predicted octanol–water partition coefficient (Wildman–Crippen LogP) is 2.87. The topological polar surface area (TPSA) is 55.6 Å². The number of β-lactam (4-membered cyclic amide) rings is 1. The number of nitrogens with zero attached hydrogens (tertiary/aromatic N) is 1. The van der Waals surface area contributed by atoms with Crippen LogP contribution in [0, 0.1) is 0 Å². The predicted molar refractivity (Wildman–Crippen MR) is 85.3 cm³/mol. The van der Waals surface area contributed by atoms with E-state index in [-0.39, 0.29) is 11.9 Å². The van der Waals surface area contributed by atoms with Gasteiger partial charge < -0.3 is 15.4 Å². The first-order valence-corrected chi connectivity index (χ1v) is 7.39. The number of halogens is 1. The molecular formula is C16H15BrN2O2. The largest absolute Gasteiger partial charge is 0.497 e. The molecule has 0 radical (unpaired) electrons. The summed E-state index contributed by atoms with van der Waals surface area (Å²) in [6.07, 6.45) is 0. The average molecular weight is 347 g/mol. The summed E-state index contributed by atoms with van der Waals surface area (Å²) in [5.41, 5.74) is 7.85. The van der Waals surface area contributed by atoms with Gasteiger partial charge in [-0.05, 0) is 42.0 Å². The number of methoxy groups -OCH3 is 1. The number of hydrogen-bond acceptors (Lipinski definition) is 3. The quantitative estimate of drug-likeness (QED) is 0.869. The second kappa shape index (κ2) is 5.50. The van der Waals surface area contributed by atoms with Crippen molar-refractivity contribution in [2.45, 2.75) is 12.1 Å². The van der Waals surface area contributed by atoms with E-state index in [0.717, 1.165) is 21.5 Å². The number of amides is 1. The van der Waals surface area contributed by atoms with E-state index in [1.807, 2.05) is 48.5 Å². The minimum atomic E-state index is -0.492. The third-order valence-corrected chi connectivity index (χ3v) is 4.23. The smallest absolute Gasteiger partial charge is 0.247 e. The van der Waals surface area contributed by atoms with Crippen molar-refractivity contribution in [2.24, 2.45) is 5.73 Å². The molecular weight excluding hydrogens is 332 g/mol. The summed E-state index contributed by atoms with van der Waals surface area (Å²) in [6.45, 7) is 0. The van der Waals surface area contributed by atoms with Gasteiger partial charge in [0.05, 0.1) is 13.2 Å². The molecule has 0 saturated carbocycles. The Hall–Kier alpha value is -1.85. The second-order valence-corrected chi connectivity index (χ2v) is 5.84. The second-order valence-electron chi connectivity index (χ2n) is 4.93. The van der Waals surface area contributed by atoms with E-state index < -0.39 is 6.04 Å². The standard InChI is InChI=1S/C16H15BrN2O2/c1-21-13-8-6-12(7-9-13)19-15(14(18)16(19)20)10-2-4-11(17)5-3-10/h2-9,14-15H,18H2,1H3. The number of anilines is 1. The summed E-state index contributed by atoms with van der Waals surface area (Å²) in [4.78, 5) is 13.9. The van der Waals surface area contributed by atoms with Crippen molar-refractivity contribution >= 4 is 27.5 Å². The molecule has 1 saturated heterocycles. The molecule has 3 rings (SSSR count). The summed E-state index contributed by atoms with van der Waals surface area (Å²) >= 11 is 3.41. The number of ether oxygens (including phenoxy) is 1. The zero-order chi connectivity index (χ0) is 15.0. The molecule has 4 nitrogen and oxygen atoms in total. The number of carbonyl (C=O) groups is 1. The van der Waals surface area contributed by atoms with Gasteiger partial charge in [0.25, 0.3) is 0 Å². The van der Waals surface area contributed by atoms with Gasteiger partial charge in [-0.1, -0.05) is 28.1 Å². The molecule has 2 atom stereocenters. The summed E-state index contributed by atoms with van der Waals surface area (Å²) in [5.74, 6) is 0.698. The van der Waals surface area contributed by atoms with Crippen LogP contribution >= 0.6 is 15.9 Å². The van der Waals surface area contributed by atoms with Crippen molar-refractivity contribution in [3.05, 3.63) is 58.6 Å². The van der Waals surface area contributed by atoms with Crippen molar-refractivity contribution in [3.63, 3.8) is 0 Å². The molecule has 21 heavy (non-hydrogen) atoms. The maximum absolute atomic E-state index is 12.1.